The van der Waals surface area contributed by atoms with Crippen LogP contribution >= 0.6 is 0 Å². The quantitative estimate of drug-likeness (QED) is 0.706. The number of halogens is 1. The normalized spacial score (nSPS) is 11.9. The van der Waals surface area contributed by atoms with Gasteiger partial charge in [-0.25, -0.2) is 4.39 Å². The van der Waals surface area contributed by atoms with Gasteiger partial charge in [0.25, 0.3) is 0 Å². The molecule has 4 nitrogen and oxygen atoms in total. The average molecular weight is 268 g/mol. The van der Waals surface area contributed by atoms with E-state index in [-0.39, 0.29) is 17.8 Å². The molecule has 1 aromatic carbocycles. The van der Waals surface area contributed by atoms with Gasteiger partial charge in [-0.15, -0.1) is 0 Å². The first-order valence-electron chi connectivity index (χ1n) is 6.46. The molecular weight excluding hydrogens is 247 g/mol. The largest absolute Gasteiger partial charge is 0.486 e. The van der Waals surface area contributed by atoms with E-state index in [1.165, 1.54) is 6.07 Å². The molecule has 0 aromatic heterocycles. The Morgan fingerprint density at radius 2 is 2.16 bits per heavy atom. The van der Waals surface area contributed by atoms with Crippen LogP contribution in [0.15, 0.2) is 24.3 Å². The summed E-state index contributed by atoms with van der Waals surface area (Å²) in [6, 6.07) is 6.23. The summed E-state index contributed by atoms with van der Waals surface area (Å²) in [5.41, 5.74) is 0. The second-order valence-electron chi connectivity index (χ2n) is 4.37. The van der Waals surface area contributed by atoms with E-state index in [2.05, 4.69) is 10.6 Å². The maximum atomic E-state index is 13.3. The van der Waals surface area contributed by atoms with Crippen molar-refractivity contribution in [3.8, 4) is 5.75 Å². The predicted octanol–water partition coefficient (Wildman–Crippen LogP) is 1.71. The zero-order valence-corrected chi connectivity index (χ0v) is 11.4. The third-order valence-corrected chi connectivity index (χ3v) is 2.58. The Labute approximate surface area is 113 Å². The van der Waals surface area contributed by atoms with E-state index in [1.807, 2.05) is 7.05 Å². The van der Waals surface area contributed by atoms with Gasteiger partial charge in [-0.2, -0.15) is 0 Å². The second-order valence-corrected chi connectivity index (χ2v) is 4.37. The summed E-state index contributed by atoms with van der Waals surface area (Å²) < 4.78 is 18.8. The van der Waals surface area contributed by atoms with Gasteiger partial charge in [-0.1, -0.05) is 12.1 Å². The Bertz CT molecular complexity index is 399. The summed E-state index contributed by atoms with van der Waals surface area (Å²) in [5.74, 6) is -0.201. The highest BCUT2D eigenvalue weighted by Crippen LogP contribution is 2.16. The highest BCUT2D eigenvalue weighted by Gasteiger charge is 2.09. The lowest BCUT2D eigenvalue weighted by molar-refractivity contribution is -0.121. The van der Waals surface area contributed by atoms with Crippen LogP contribution < -0.4 is 15.4 Å². The Kier molecular flexibility index (Phi) is 6.89. The molecule has 0 aliphatic heterocycles. The molecule has 19 heavy (non-hydrogen) atoms. The smallest absolute Gasteiger partial charge is 0.220 e. The number of carbonyl (C=O) groups is 1. The molecule has 1 atom stereocenters. The van der Waals surface area contributed by atoms with E-state index >= 15 is 0 Å². The molecule has 0 aliphatic rings. The zero-order chi connectivity index (χ0) is 14.1. The molecule has 0 saturated heterocycles. The van der Waals surface area contributed by atoms with E-state index in [0.717, 1.165) is 13.0 Å². The zero-order valence-electron chi connectivity index (χ0n) is 11.4. The molecule has 1 aromatic rings. The molecule has 0 radical (unpaired) electrons. The molecule has 5 heteroatoms. The maximum Gasteiger partial charge on any atom is 0.220 e. The number of hydrogen-bond donors (Lipinski definition) is 2. The molecule has 0 heterocycles. The first-order chi connectivity index (χ1) is 9.13. The van der Waals surface area contributed by atoms with Crippen molar-refractivity contribution in [2.24, 2.45) is 0 Å². The van der Waals surface area contributed by atoms with Crippen LogP contribution in [0.2, 0.25) is 0 Å². The Balaban J connectivity index is 2.26. The van der Waals surface area contributed by atoms with Gasteiger partial charge >= 0.3 is 0 Å². The van der Waals surface area contributed by atoms with E-state index < -0.39 is 5.82 Å². The second kappa shape index (κ2) is 8.48. The maximum absolute atomic E-state index is 13.3. The minimum atomic E-state index is -0.394. The number of para-hydroxylation sites is 1. The third kappa shape index (κ3) is 6.20. The van der Waals surface area contributed by atoms with Crippen LogP contribution in [0.5, 0.6) is 5.75 Å². The van der Waals surface area contributed by atoms with Crippen molar-refractivity contribution in [1.82, 2.24) is 10.6 Å². The lowest BCUT2D eigenvalue weighted by atomic mass is 10.3. The molecule has 106 valence electrons. The first kappa shape index (κ1) is 15.4. The summed E-state index contributed by atoms with van der Waals surface area (Å²) in [5, 5.41) is 5.75. The summed E-state index contributed by atoms with van der Waals surface area (Å²) >= 11 is 0. The molecule has 1 amide bonds. The number of hydrogen-bond acceptors (Lipinski definition) is 3. The van der Waals surface area contributed by atoms with Crippen LogP contribution in [0.25, 0.3) is 0 Å². The van der Waals surface area contributed by atoms with Crippen LogP contribution in [0.3, 0.4) is 0 Å². The topological polar surface area (TPSA) is 50.4 Å². The van der Waals surface area contributed by atoms with Crippen molar-refractivity contribution in [1.29, 1.82) is 0 Å². The highest BCUT2D eigenvalue weighted by atomic mass is 19.1. The summed E-state index contributed by atoms with van der Waals surface area (Å²) in [4.78, 5) is 11.5. The van der Waals surface area contributed by atoms with Gasteiger partial charge in [0.05, 0.1) is 6.54 Å². The standard InChI is InChI=1S/C14H21FN2O2/c1-11(10-17-14(18)8-5-9-16-2)19-13-7-4-3-6-12(13)15/h3-4,6-7,11,16H,5,8-10H2,1-2H3,(H,17,18). The highest BCUT2D eigenvalue weighted by molar-refractivity contribution is 5.75. The number of rotatable bonds is 8. The molecule has 0 saturated carbocycles. The predicted molar refractivity (Wildman–Crippen MR) is 72.7 cm³/mol. The van der Waals surface area contributed by atoms with Gasteiger partial charge in [0.15, 0.2) is 11.6 Å². The number of carbonyl (C=O) groups excluding carboxylic acids is 1. The van der Waals surface area contributed by atoms with Crippen LogP contribution in [0.4, 0.5) is 4.39 Å². The summed E-state index contributed by atoms with van der Waals surface area (Å²) in [6.45, 7) is 2.97. The fourth-order valence-corrected chi connectivity index (χ4v) is 1.57. The van der Waals surface area contributed by atoms with Gasteiger partial charge in [0, 0.05) is 6.42 Å². The Hall–Kier alpha value is -1.62. The van der Waals surface area contributed by atoms with Gasteiger partial charge in [0.2, 0.25) is 5.91 Å². The summed E-state index contributed by atoms with van der Waals surface area (Å²) in [6.07, 6.45) is 1.00. The minimum Gasteiger partial charge on any atom is -0.486 e. The van der Waals surface area contributed by atoms with Crippen LogP contribution in [-0.2, 0) is 4.79 Å². The molecule has 0 spiro atoms. The van der Waals surface area contributed by atoms with Crippen LogP contribution in [0, 0.1) is 5.82 Å². The van der Waals surface area contributed by atoms with E-state index in [1.54, 1.807) is 25.1 Å². The van der Waals surface area contributed by atoms with E-state index in [4.69, 9.17) is 4.74 Å². The van der Waals surface area contributed by atoms with Crippen LogP contribution in [-0.4, -0.2) is 32.1 Å². The molecular formula is C14H21FN2O2. The van der Waals surface area contributed by atoms with Gasteiger partial charge in [0.1, 0.15) is 6.10 Å². The van der Waals surface area contributed by atoms with E-state index in [9.17, 15) is 9.18 Å². The number of amides is 1. The number of ether oxygens (including phenoxy) is 1. The fraction of sp³-hybridized carbons (Fsp3) is 0.500. The third-order valence-electron chi connectivity index (χ3n) is 2.58. The lowest BCUT2D eigenvalue weighted by Crippen LogP contribution is -2.33. The molecule has 2 N–H and O–H groups in total. The van der Waals surface area contributed by atoms with Crippen LogP contribution in [0.1, 0.15) is 19.8 Å². The van der Waals surface area contributed by atoms with Gasteiger partial charge < -0.3 is 15.4 Å². The molecule has 0 bridgehead atoms. The Morgan fingerprint density at radius 3 is 2.84 bits per heavy atom. The summed E-state index contributed by atoms with van der Waals surface area (Å²) in [7, 11) is 1.85. The number of benzene rings is 1. The first-order valence-corrected chi connectivity index (χ1v) is 6.46. The van der Waals surface area contributed by atoms with E-state index in [0.29, 0.717) is 13.0 Å². The van der Waals surface area contributed by atoms with Crippen molar-refractivity contribution in [2.45, 2.75) is 25.9 Å². The molecule has 1 rings (SSSR count). The van der Waals surface area contributed by atoms with Crippen molar-refractivity contribution >= 4 is 5.91 Å². The molecule has 0 fully saturated rings. The lowest BCUT2D eigenvalue weighted by Gasteiger charge is -2.15. The Morgan fingerprint density at radius 1 is 1.42 bits per heavy atom. The SMILES string of the molecule is CNCCCC(=O)NCC(C)Oc1ccccc1F. The van der Waals surface area contributed by atoms with Crippen molar-refractivity contribution < 1.29 is 13.9 Å². The van der Waals surface area contributed by atoms with Gasteiger partial charge in [-0.3, -0.25) is 4.79 Å². The van der Waals surface area contributed by atoms with Crippen molar-refractivity contribution in [2.75, 3.05) is 20.1 Å². The monoisotopic (exact) mass is 268 g/mol. The van der Waals surface area contributed by atoms with Crippen molar-refractivity contribution in [3.63, 3.8) is 0 Å². The van der Waals surface area contributed by atoms with Crippen molar-refractivity contribution in [3.05, 3.63) is 30.1 Å². The fourth-order valence-electron chi connectivity index (χ4n) is 1.57. The average Bonchev–Trinajstić information content (AvgIpc) is 2.39. The minimum absolute atomic E-state index is 0.0146. The number of nitrogens with one attached hydrogen (secondary N) is 2. The molecule has 0 aliphatic carbocycles. The molecule has 1 unspecified atom stereocenters. The van der Waals surface area contributed by atoms with Gasteiger partial charge in [-0.05, 0) is 39.1 Å².